The molecule has 0 aromatic carbocycles. The third-order valence-corrected chi connectivity index (χ3v) is 3.86. The van der Waals surface area contributed by atoms with Crippen molar-refractivity contribution in [2.45, 2.75) is 45.4 Å². The van der Waals surface area contributed by atoms with Crippen LogP contribution in [-0.4, -0.2) is 13.1 Å². The molecule has 0 aromatic heterocycles. The van der Waals surface area contributed by atoms with Crippen LogP contribution in [-0.2, 0) is 0 Å². The quantitative estimate of drug-likeness (QED) is 0.666. The first-order valence-corrected chi connectivity index (χ1v) is 5.55. The van der Waals surface area contributed by atoms with Gasteiger partial charge in [0.2, 0.25) is 0 Å². The van der Waals surface area contributed by atoms with E-state index in [1.807, 2.05) is 0 Å². The van der Waals surface area contributed by atoms with E-state index in [2.05, 4.69) is 12.2 Å². The van der Waals surface area contributed by atoms with Crippen LogP contribution in [0.25, 0.3) is 0 Å². The first-order chi connectivity index (χ1) is 5.85. The third-order valence-electron chi connectivity index (χ3n) is 3.86. The van der Waals surface area contributed by atoms with E-state index in [-0.39, 0.29) is 0 Å². The fraction of sp³-hybridized carbons (Fsp3) is 1.00. The monoisotopic (exact) mass is 167 g/mol. The average Bonchev–Trinajstić information content (AvgIpc) is 2.04. The van der Waals surface area contributed by atoms with E-state index in [0.717, 1.165) is 11.3 Å². The van der Waals surface area contributed by atoms with Crippen molar-refractivity contribution >= 4 is 0 Å². The highest BCUT2D eigenvalue weighted by atomic mass is 15.0. The minimum absolute atomic E-state index is 0.768. The summed E-state index contributed by atoms with van der Waals surface area (Å²) in [5, 5.41) is 3.42. The molecule has 2 rings (SSSR count). The van der Waals surface area contributed by atoms with E-state index in [9.17, 15) is 0 Å². The maximum atomic E-state index is 3.42. The van der Waals surface area contributed by atoms with Crippen molar-refractivity contribution < 1.29 is 0 Å². The van der Waals surface area contributed by atoms with Gasteiger partial charge in [-0.05, 0) is 37.0 Å². The fourth-order valence-corrected chi connectivity index (χ4v) is 2.82. The van der Waals surface area contributed by atoms with Crippen LogP contribution in [0.15, 0.2) is 0 Å². The van der Waals surface area contributed by atoms with Crippen LogP contribution >= 0.6 is 0 Å². The van der Waals surface area contributed by atoms with Gasteiger partial charge in [-0.15, -0.1) is 0 Å². The first kappa shape index (κ1) is 8.55. The first-order valence-electron chi connectivity index (χ1n) is 5.55. The number of nitrogens with one attached hydrogen (secondary N) is 1. The van der Waals surface area contributed by atoms with Gasteiger partial charge in [0.15, 0.2) is 0 Å². The zero-order valence-corrected chi connectivity index (χ0v) is 8.23. The third kappa shape index (κ3) is 1.52. The van der Waals surface area contributed by atoms with Gasteiger partial charge in [-0.1, -0.05) is 19.8 Å². The molecule has 2 fully saturated rings. The van der Waals surface area contributed by atoms with Crippen molar-refractivity contribution in [3.8, 4) is 0 Å². The summed E-state index contributed by atoms with van der Waals surface area (Å²) in [4.78, 5) is 0. The molecule has 0 atom stereocenters. The van der Waals surface area contributed by atoms with E-state index in [0.29, 0.717) is 0 Å². The van der Waals surface area contributed by atoms with Gasteiger partial charge in [0.25, 0.3) is 0 Å². The topological polar surface area (TPSA) is 12.0 Å². The largest absolute Gasteiger partial charge is 0.316 e. The molecule has 1 saturated carbocycles. The van der Waals surface area contributed by atoms with Gasteiger partial charge < -0.3 is 5.32 Å². The molecule has 1 aliphatic carbocycles. The van der Waals surface area contributed by atoms with Crippen molar-refractivity contribution in [2.24, 2.45) is 11.3 Å². The number of hydrogen-bond acceptors (Lipinski definition) is 1. The maximum Gasteiger partial charge on any atom is 0.00202 e. The molecular formula is C11H21N. The molecular weight excluding hydrogens is 146 g/mol. The average molecular weight is 167 g/mol. The number of hydrogen-bond donors (Lipinski definition) is 1. The summed E-state index contributed by atoms with van der Waals surface area (Å²) in [5.41, 5.74) is 0.768. The molecule has 2 aliphatic rings. The van der Waals surface area contributed by atoms with Crippen molar-refractivity contribution in [2.75, 3.05) is 13.1 Å². The lowest BCUT2D eigenvalue weighted by atomic mass is 9.66. The predicted octanol–water partition coefficient (Wildman–Crippen LogP) is 2.57. The summed E-state index contributed by atoms with van der Waals surface area (Å²) in [7, 11) is 0. The van der Waals surface area contributed by atoms with Crippen LogP contribution < -0.4 is 5.32 Å². The van der Waals surface area contributed by atoms with Crippen molar-refractivity contribution in [1.82, 2.24) is 5.32 Å². The normalized spacial score (nSPS) is 28.8. The maximum absolute atomic E-state index is 3.42. The summed E-state index contributed by atoms with van der Waals surface area (Å²) >= 11 is 0. The van der Waals surface area contributed by atoms with Gasteiger partial charge in [-0.3, -0.25) is 0 Å². The second kappa shape index (κ2) is 3.37. The summed E-state index contributed by atoms with van der Waals surface area (Å²) in [6.45, 7) is 4.94. The van der Waals surface area contributed by atoms with Crippen molar-refractivity contribution in [1.29, 1.82) is 0 Å². The van der Waals surface area contributed by atoms with Crippen LogP contribution in [0.5, 0.6) is 0 Å². The van der Waals surface area contributed by atoms with Crippen LogP contribution in [0.1, 0.15) is 45.4 Å². The van der Waals surface area contributed by atoms with Crippen LogP contribution in [0, 0.1) is 11.3 Å². The Balaban J connectivity index is 1.77. The molecule has 1 saturated heterocycles. The molecule has 1 N–H and O–H groups in total. The Labute approximate surface area is 75.9 Å². The van der Waals surface area contributed by atoms with Crippen LogP contribution in [0.4, 0.5) is 0 Å². The fourth-order valence-electron chi connectivity index (χ4n) is 2.82. The molecule has 1 heteroatoms. The lowest BCUT2D eigenvalue weighted by Gasteiger charge is -2.47. The van der Waals surface area contributed by atoms with Crippen LogP contribution in [0.2, 0.25) is 0 Å². The molecule has 0 unspecified atom stereocenters. The predicted molar refractivity (Wildman–Crippen MR) is 52.2 cm³/mol. The standard InChI is InChI=1S/C11H21N/c1-2-3-10-4-6-11(7-5-10)8-12-9-11/h10,12H,2-9H2,1H3. The molecule has 1 spiro atoms. The Morgan fingerprint density at radius 2 is 1.92 bits per heavy atom. The lowest BCUT2D eigenvalue weighted by molar-refractivity contribution is 0.0793. The molecule has 1 heterocycles. The second-order valence-electron chi connectivity index (χ2n) is 4.84. The molecule has 0 amide bonds. The molecule has 70 valence electrons. The van der Waals surface area contributed by atoms with Gasteiger partial charge in [0, 0.05) is 13.1 Å². The molecule has 0 aromatic rings. The van der Waals surface area contributed by atoms with Gasteiger partial charge >= 0.3 is 0 Å². The van der Waals surface area contributed by atoms with Gasteiger partial charge in [-0.25, -0.2) is 0 Å². The van der Waals surface area contributed by atoms with Crippen molar-refractivity contribution in [3.05, 3.63) is 0 Å². The highest BCUT2D eigenvalue weighted by Gasteiger charge is 2.39. The smallest absolute Gasteiger partial charge is 0.00202 e. The van der Waals surface area contributed by atoms with E-state index < -0.39 is 0 Å². The molecule has 12 heavy (non-hydrogen) atoms. The van der Waals surface area contributed by atoms with Gasteiger partial charge in [0.05, 0.1) is 0 Å². The SMILES string of the molecule is CCCC1CCC2(CC1)CNC2. The Bertz CT molecular complexity index is 139. The van der Waals surface area contributed by atoms with E-state index in [1.54, 1.807) is 0 Å². The van der Waals surface area contributed by atoms with Crippen LogP contribution in [0.3, 0.4) is 0 Å². The van der Waals surface area contributed by atoms with Gasteiger partial charge in [-0.2, -0.15) is 0 Å². The summed E-state index contributed by atoms with van der Waals surface area (Å²) in [6, 6.07) is 0. The molecule has 1 nitrogen and oxygen atoms in total. The van der Waals surface area contributed by atoms with E-state index in [4.69, 9.17) is 0 Å². The Morgan fingerprint density at radius 1 is 1.25 bits per heavy atom. The summed E-state index contributed by atoms with van der Waals surface area (Å²) in [6.07, 6.45) is 8.89. The minimum atomic E-state index is 0.768. The summed E-state index contributed by atoms with van der Waals surface area (Å²) < 4.78 is 0. The molecule has 0 bridgehead atoms. The van der Waals surface area contributed by atoms with E-state index >= 15 is 0 Å². The Morgan fingerprint density at radius 3 is 2.33 bits per heavy atom. The Kier molecular flexibility index (Phi) is 2.40. The second-order valence-corrected chi connectivity index (χ2v) is 4.84. The van der Waals surface area contributed by atoms with Crippen molar-refractivity contribution in [3.63, 3.8) is 0 Å². The lowest BCUT2D eigenvalue weighted by Crippen LogP contribution is -2.54. The molecule has 1 aliphatic heterocycles. The zero-order chi connectivity index (χ0) is 8.44. The highest BCUT2D eigenvalue weighted by Crippen LogP contribution is 2.42. The minimum Gasteiger partial charge on any atom is -0.316 e. The Hall–Kier alpha value is -0.0400. The molecule has 0 radical (unpaired) electrons. The van der Waals surface area contributed by atoms with E-state index in [1.165, 1.54) is 51.6 Å². The highest BCUT2D eigenvalue weighted by molar-refractivity contribution is 4.95. The summed E-state index contributed by atoms with van der Waals surface area (Å²) in [5.74, 6) is 1.07. The zero-order valence-electron chi connectivity index (χ0n) is 8.23. The van der Waals surface area contributed by atoms with Gasteiger partial charge in [0.1, 0.15) is 0 Å². The number of rotatable bonds is 2.